The third-order valence-corrected chi connectivity index (χ3v) is 3.44. The van der Waals surface area contributed by atoms with Gasteiger partial charge in [-0.1, -0.05) is 42.5 Å². The summed E-state index contributed by atoms with van der Waals surface area (Å²) in [5.74, 6) is 0.0413. The van der Waals surface area contributed by atoms with Crippen molar-refractivity contribution in [3.05, 3.63) is 35.9 Å². The average Bonchev–Trinajstić information content (AvgIpc) is 2.26. The molecule has 1 rings (SSSR count). The Morgan fingerprint density at radius 1 is 1.31 bits per heavy atom. The SMILES string of the molecule is NC(=S)CNS(=O)(=O)CCc1ccccc1. The van der Waals surface area contributed by atoms with Gasteiger partial charge in [-0.2, -0.15) is 0 Å². The minimum Gasteiger partial charge on any atom is -0.392 e. The fraction of sp³-hybridized carbons (Fsp3) is 0.300. The Morgan fingerprint density at radius 3 is 2.50 bits per heavy atom. The maximum absolute atomic E-state index is 11.5. The molecule has 0 heterocycles. The van der Waals surface area contributed by atoms with E-state index in [0.29, 0.717) is 6.42 Å². The van der Waals surface area contributed by atoms with Crippen molar-refractivity contribution in [3.8, 4) is 0 Å². The first kappa shape index (κ1) is 13.1. The van der Waals surface area contributed by atoms with Crippen LogP contribution in [0, 0.1) is 0 Å². The molecule has 0 bridgehead atoms. The van der Waals surface area contributed by atoms with Crippen molar-refractivity contribution in [2.24, 2.45) is 5.73 Å². The molecule has 4 nitrogen and oxygen atoms in total. The molecular formula is C10H14N2O2S2. The van der Waals surface area contributed by atoms with E-state index in [1.165, 1.54) is 0 Å². The summed E-state index contributed by atoms with van der Waals surface area (Å²) in [7, 11) is -3.29. The lowest BCUT2D eigenvalue weighted by Gasteiger charge is -2.05. The van der Waals surface area contributed by atoms with Gasteiger partial charge in [-0.3, -0.25) is 0 Å². The zero-order valence-electron chi connectivity index (χ0n) is 8.72. The number of nitrogens with one attached hydrogen (secondary N) is 1. The van der Waals surface area contributed by atoms with E-state index in [2.05, 4.69) is 16.9 Å². The van der Waals surface area contributed by atoms with E-state index in [9.17, 15) is 8.42 Å². The first-order chi connectivity index (χ1) is 7.49. The van der Waals surface area contributed by atoms with Crippen molar-refractivity contribution in [3.63, 3.8) is 0 Å². The van der Waals surface area contributed by atoms with Crippen LogP contribution in [0.4, 0.5) is 0 Å². The minimum atomic E-state index is -3.29. The van der Waals surface area contributed by atoms with Crippen LogP contribution in [0.3, 0.4) is 0 Å². The largest absolute Gasteiger partial charge is 0.392 e. The van der Waals surface area contributed by atoms with E-state index in [4.69, 9.17) is 5.73 Å². The van der Waals surface area contributed by atoms with Crippen molar-refractivity contribution in [1.82, 2.24) is 4.72 Å². The van der Waals surface area contributed by atoms with Crippen LogP contribution in [0.25, 0.3) is 0 Å². The molecule has 0 atom stereocenters. The molecule has 0 aromatic heterocycles. The Balaban J connectivity index is 2.45. The Kier molecular flexibility index (Phi) is 4.85. The van der Waals surface area contributed by atoms with Gasteiger partial charge >= 0.3 is 0 Å². The highest BCUT2D eigenvalue weighted by Gasteiger charge is 2.09. The number of sulfonamides is 1. The van der Waals surface area contributed by atoms with Gasteiger partial charge in [0.05, 0.1) is 17.3 Å². The summed E-state index contributed by atoms with van der Waals surface area (Å²) in [6, 6.07) is 9.43. The third kappa shape index (κ3) is 5.20. The van der Waals surface area contributed by atoms with E-state index in [1.807, 2.05) is 30.3 Å². The van der Waals surface area contributed by atoms with Crippen LogP contribution >= 0.6 is 12.2 Å². The Bertz CT molecular complexity index is 443. The molecule has 0 radical (unpaired) electrons. The fourth-order valence-electron chi connectivity index (χ4n) is 1.15. The van der Waals surface area contributed by atoms with Crippen molar-refractivity contribution < 1.29 is 8.42 Å². The molecule has 1 aromatic rings. The van der Waals surface area contributed by atoms with Crippen LogP contribution in [0.2, 0.25) is 0 Å². The number of rotatable bonds is 6. The number of nitrogens with two attached hydrogens (primary N) is 1. The molecule has 3 N–H and O–H groups in total. The lowest BCUT2D eigenvalue weighted by Crippen LogP contribution is -2.34. The Morgan fingerprint density at radius 2 is 1.94 bits per heavy atom. The molecule has 0 saturated carbocycles. The van der Waals surface area contributed by atoms with E-state index < -0.39 is 10.0 Å². The molecule has 0 unspecified atom stereocenters. The summed E-state index contributed by atoms with van der Waals surface area (Å²) in [6.07, 6.45) is 0.480. The molecule has 0 spiro atoms. The molecule has 6 heteroatoms. The van der Waals surface area contributed by atoms with E-state index >= 15 is 0 Å². The predicted molar refractivity (Wildman–Crippen MR) is 68.7 cm³/mol. The van der Waals surface area contributed by atoms with Gasteiger partial charge < -0.3 is 5.73 Å². The normalized spacial score (nSPS) is 11.2. The van der Waals surface area contributed by atoms with Gasteiger partial charge in [0, 0.05) is 0 Å². The number of hydrogen-bond acceptors (Lipinski definition) is 3. The fourth-order valence-corrected chi connectivity index (χ4v) is 2.34. The second-order valence-corrected chi connectivity index (χ2v) is 5.79. The van der Waals surface area contributed by atoms with Gasteiger partial charge in [0.1, 0.15) is 0 Å². The number of aryl methyl sites for hydroxylation is 1. The van der Waals surface area contributed by atoms with E-state index in [1.54, 1.807) is 0 Å². The lowest BCUT2D eigenvalue weighted by atomic mass is 10.2. The van der Waals surface area contributed by atoms with Crippen LogP contribution in [0.1, 0.15) is 5.56 Å². The zero-order chi connectivity index (χ0) is 12.0. The van der Waals surface area contributed by atoms with Crippen LogP contribution in [0.15, 0.2) is 30.3 Å². The molecule has 0 aliphatic carbocycles. The van der Waals surface area contributed by atoms with E-state index in [0.717, 1.165) is 5.56 Å². The Labute approximate surface area is 101 Å². The highest BCUT2D eigenvalue weighted by molar-refractivity contribution is 7.89. The van der Waals surface area contributed by atoms with Crippen LogP contribution in [-0.2, 0) is 16.4 Å². The van der Waals surface area contributed by atoms with Crippen LogP contribution in [0.5, 0.6) is 0 Å². The minimum absolute atomic E-state index is 0.0203. The lowest BCUT2D eigenvalue weighted by molar-refractivity contribution is 0.585. The maximum Gasteiger partial charge on any atom is 0.212 e. The molecule has 16 heavy (non-hydrogen) atoms. The van der Waals surface area contributed by atoms with Crippen molar-refractivity contribution in [2.45, 2.75) is 6.42 Å². The van der Waals surface area contributed by atoms with Crippen molar-refractivity contribution in [2.75, 3.05) is 12.3 Å². The zero-order valence-corrected chi connectivity index (χ0v) is 10.4. The van der Waals surface area contributed by atoms with Gasteiger partial charge in [0.2, 0.25) is 10.0 Å². The second kappa shape index (κ2) is 5.93. The standard InChI is InChI=1S/C10H14N2O2S2/c11-10(15)8-12-16(13,14)7-6-9-4-2-1-3-5-9/h1-5,12H,6-8H2,(H2,11,15). The summed E-state index contributed by atoms with van der Waals surface area (Å²) >= 11 is 4.59. The summed E-state index contributed by atoms with van der Waals surface area (Å²) in [6.45, 7) is 0.0203. The molecule has 0 fully saturated rings. The van der Waals surface area contributed by atoms with Crippen LogP contribution < -0.4 is 10.5 Å². The maximum atomic E-state index is 11.5. The highest BCUT2D eigenvalue weighted by atomic mass is 32.2. The topological polar surface area (TPSA) is 72.2 Å². The molecular weight excluding hydrogens is 244 g/mol. The van der Waals surface area contributed by atoms with Gasteiger partial charge in [-0.05, 0) is 12.0 Å². The molecule has 88 valence electrons. The second-order valence-electron chi connectivity index (χ2n) is 3.34. The van der Waals surface area contributed by atoms with E-state index in [-0.39, 0.29) is 17.3 Å². The molecule has 0 amide bonds. The highest BCUT2D eigenvalue weighted by Crippen LogP contribution is 2.01. The summed E-state index contributed by atoms with van der Waals surface area (Å²) < 4.78 is 25.3. The smallest absolute Gasteiger partial charge is 0.212 e. The number of thiocarbonyl (C=S) groups is 1. The average molecular weight is 258 g/mol. The third-order valence-electron chi connectivity index (χ3n) is 1.97. The predicted octanol–water partition coefficient (Wildman–Crippen LogP) is 0.435. The first-order valence-electron chi connectivity index (χ1n) is 4.79. The van der Waals surface area contributed by atoms with Gasteiger partial charge in [0.25, 0.3) is 0 Å². The quantitative estimate of drug-likeness (QED) is 0.726. The number of hydrogen-bond donors (Lipinski definition) is 2. The summed E-state index contributed by atoms with van der Waals surface area (Å²) in [4.78, 5) is 0.142. The molecule has 0 aliphatic rings. The monoisotopic (exact) mass is 258 g/mol. The first-order valence-corrected chi connectivity index (χ1v) is 6.85. The van der Waals surface area contributed by atoms with Gasteiger partial charge in [0.15, 0.2) is 0 Å². The molecule has 0 aliphatic heterocycles. The van der Waals surface area contributed by atoms with Crippen LogP contribution in [-0.4, -0.2) is 25.7 Å². The van der Waals surface area contributed by atoms with Crippen molar-refractivity contribution in [1.29, 1.82) is 0 Å². The number of benzene rings is 1. The molecule has 0 saturated heterocycles. The molecule has 1 aromatic carbocycles. The summed E-state index contributed by atoms with van der Waals surface area (Å²) in [5.41, 5.74) is 6.20. The summed E-state index contributed by atoms with van der Waals surface area (Å²) in [5, 5.41) is 0. The van der Waals surface area contributed by atoms with Gasteiger partial charge in [-0.25, -0.2) is 13.1 Å². The van der Waals surface area contributed by atoms with Crippen molar-refractivity contribution >= 4 is 27.2 Å². The Hall–Kier alpha value is -0.980. The van der Waals surface area contributed by atoms with Gasteiger partial charge in [-0.15, -0.1) is 0 Å².